The fourth-order valence-corrected chi connectivity index (χ4v) is 9.83. The highest BCUT2D eigenvalue weighted by Gasteiger charge is 2.46. The lowest BCUT2D eigenvalue weighted by Gasteiger charge is -2.35. The van der Waals surface area contributed by atoms with Crippen LogP contribution >= 0.6 is 0 Å². The molecule has 0 unspecified atom stereocenters. The molecule has 1 aliphatic carbocycles. The monoisotopic (exact) mass is 740 g/mol. The summed E-state index contributed by atoms with van der Waals surface area (Å²) in [6.07, 6.45) is 0. The standard InChI is InChI=1S/C55H36N2O/c1-4-16-37(17-5-1)55(38-18-6-2-7-19-38)49-25-13-10-22-43(49)44-31-28-41(35-50(44)55)56(40-30-33-54-48(34-40)47-24-12-15-27-53(47)58-54)42-29-32-46-45-23-11-14-26-51(45)57(52(46)36-42)39-20-8-3-9-21-39/h1-36H. The van der Waals surface area contributed by atoms with E-state index in [2.05, 4.69) is 216 Å². The topological polar surface area (TPSA) is 21.3 Å². The van der Waals surface area contributed by atoms with Gasteiger partial charge >= 0.3 is 0 Å². The Morgan fingerprint density at radius 1 is 0.362 bits per heavy atom. The molecule has 12 rings (SSSR count). The van der Waals surface area contributed by atoms with Crippen molar-refractivity contribution in [2.24, 2.45) is 0 Å². The molecule has 272 valence electrons. The first-order chi connectivity index (χ1) is 28.8. The number of anilines is 3. The van der Waals surface area contributed by atoms with Crippen LogP contribution in [0.1, 0.15) is 22.3 Å². The number of benzene rings is 9. The highest BCUT2D eigenvalue weighted by atomic mass is 16.3. The van der Waals surface area contributed by atoms with Crippen molar-refractivity contribution in [1.29, 1.82) is 0 Å². The molecule has 0 amide bonds. The van der Waals surface area contributed by atoms with E-state index in [4.69, 9.17) is 4.42 Å². The molecule has 0 saturated heterocycles. The van der Waals surface area contributed by atoms with Crippen LogP contribution in [0, 0.1) is 0 Å². The van der Waals surface area contributed by atoms with Gasteiger partial charge in [0.05, 0.1) is 16.4 Å². The largest absolute Gasteiger partial charge is 0.456 e. The van der Waals surface area contributed by atoms with Crippen LogP contribution in [-0.4, -0.2) is 4.57 Å². The Balaban J connectivity index is 1.16. The van der Waals surface area contributed by atoms with Crippen LogP contribution in [0.3, 0.4) is 0 Å². The predicted octanol–water partition coefficient (Wildman–Crippen LogP) is 14.5. The fraction of sp³-hybridized carbons (Fsp3) is 0.0182. The molecule has 58 heavy (non-hydrogen) atoms. The normalized spacial score (nSPS) is 13.0. The number of nitrogens with zero attached hydrogens (tertiary/aromatic N) is 2. The van der Waals surface area contributed by atoms with Crippen molar-refractivity contribution in [3.63, 3.8) is 0 Å². The Bertz CT molecular complexity index is 3300. The molecular weight excluding hydrogens is 705 g/mol. The van der Waals surface area contributed by atoms with Gasteiger partial charge in [0.25, 0.3) is 0 Å². The predicted molar refractivity (Wildman–Crippen MR) is 240 cm³/mol. The lowest BCUT2D eigenvalue weighted by Crippen LogP contribution is -2.28. The van der Waals surface area contributed by atoms with Crippen LogP contribution in [0.15, 0.2) is 223 Å². The van der Waals surface area contributed by atoms with Gasteiger partial charge in [-0.05, 0) is 100 Å². The first kappa shape index (κ1) is 32.6. The first-order valence-electron chi connectivity index (χ1n) is 19.9. The highest BCUT2D eigenvalue weighted by Crippen LogP contribution is 2.57. The number of hydrogen-bond acceptors (Lipinski definition) is 2. The molecule has 11 aromatic rings. The molecule has 0 radical (unpaired) electrons. The van der Waals surface area contributed by atoms with Gasteiger partial charge in [0.1, 0.15) is 11.2 Å². The maximum atomic E-state index is 6.35. The quantitative estimate of drug-likeness (QED) is 0.169. The molecule has 0 saturated carbocycles. The van der Waals surface area contributed by atoms with Crippen LogP contribution in [-0.2, 0) is 5.41 Å². The Labute approximate surface area is 336 Å². The van der Waals surface area contributed by atoms with Crippen molar-refractivity contribution >= 4 is 60.8 Å². The lowest BCUT2D eigenvalue weighted by atomic mass is 9.67. The number of fused-ring (bicyclic) bond motifs is 9. The summed E-state index contributed by atoms with van der Waals surface area (Å²) in [5.41, 5.74) is 15.5. The molecule has 9 aromatic carbocycles. The van der Waals surface area contributed by atoms with E-state index in [1.807, 2.05) is 12.1 Å². The van der Waals surface area contributed by atoms with E-state index in [1.54, 1.807) is 0 Å². The van der Waals surface area contributed by atoms with E-state index in [0.29, 0.717) is 0 Å². The zero-order valence-electron chi connectivity index (χ0n) is 31.6. The number of furan rings is 1. The third-order valence-corrected chi connectivity index (χ3v) is 12.2. The van der Waals surface area contributed by atoms with Gasteiger partial charge in [-0.2, -0.15) is 0 Å². The van der Waals surface area contributed by atoms with Crippen LogP contribution in [0.4, 0.5) is 17.1 Å². The van der Waals surface area contributed by atoms with Crippen molar-refractivity contribution in [2.75, 3.05) is 4.90 Å². The van der Waals surface area contributed by atoms with Crippen molar-refractivity contribution in [3.05, 3.63) is 241 Å². The Kier molecular flexibility index (Phi) is 7.14. The van der Waals surface area contributed by atoms with Gasteiger partial charge in [0, 0.05) is 44.3 Å². The minimum Gasteiger partial charge on any atom is -0.456 e. The molecule has 2 heterocycles. The van der Waals surface area contributed by atoms with E-state index < -0.39 is 5.41 Å². The molecule has 0 spiro atoms. The van der Waals surface area contributed by atoms with E-state index in [1.165, 1.54) is 49.7 Å². The zero-order valence-corrected chi connectivity index (χ0v) is 31.6. The number of rotatable bonds is 6. The molecule has 0 N–H and O–H groups in total. The summed E-state index contributed by atoms with van der Waals surface area (Å²) in [6.45, 7) is 0. The summed E-state index contributed by atoms with van der Waals surface area (Å²) < 4.78 is 8.75. The van der Waals surface area contributed by atoms with Crippen molar-refractivity contribution in [2.45, 2.75) is 5.41 Å². The second kappa shape index (κ2) is 12.7. The fourth-order valence-electron chi connectivity index (χ4n) is 9.83. The average Bonchev–Trinajstić information content (AvgIpc) is 3.93. The maximum Gasteiger partial charge on any atom is 0.135 e. The molecule has 0 atom stereocenters. The summed E-state index contributed by atoms with van der Waals surface area (Å²) in [6, 6.07) is 79.4. The summed E-state index contributed by atoms with van der Waals surface area (Å²) in [5, 5.41) is 4.65. The second-order valence-corrected chi connectivity index (χ2v) is 15.3. The lowest BCUT2D eigenvalue weighted by molar-refractivity contribution is 0.669. The minimum absolute atomic E-state index is 0.523. The van der Waals surface area contributed by atoms with Gasteiger partial charge in [-0.15, -0.1) is 0 Å². The van der Waals surface area contributed by atoms with E-state index in [0.717, 1.165) is 50.2 Å². The highest BCUT2D eigenvalue weighted by molar-refractivity contribution is 6.11. The summed E-state index contributed by atoms with van der Waals surface area (Å²) in [7, 11) is 0. The van der Waals surface area contributed by atoms with E-state index >= 15 is 0 Å². The Morgan fingerprint density at radius 3 is 1.71 bits per heavy atom. The van der Waals surface area contributed by atoms with Gasteiger partial charge < -0.3 is 13.9 Å². The van der Waals surface area contributed by atoms with Crippen molar-refractivity contribution < 1.29 is 4.42 Å². The smallest absolute Gasteiger partial charge is 0.135 e. The van der Waals surface area contributed by atoms with Gasteiger partial charge in [-0.1, -0.05) is 152 Å². The van der Waals surface area contributed by atoms with Crippen LogP contribution < -0.4 is 4.90 Å². The molecule has 3 heteroatoms. The average molecular weight is 741 g/mol. The van der Waals surface area contributed by atoms with Gasteiger partial charge in [-0.25, -0.2) is 0 Å². The summed E-state index contributed by atoms with van der Waals surface area (Å²) >= 11 is 0. The molecule has 2 aromatic heterocycles. The van der Waals surface area contributed by atoms with Crippen molar-refractivity contribution in [1.82, 2.24) is 4.57 Å². The Morgan fingerprint density at radius 2 is 0.914 bits per heavy atom. The minimum atomic E-state index is -0.523. The molecule has 0 bridgehead atoms. The van der Waals surface area contributed by atoms with E-state index in [9.17, 15) is 0 Å². The van der Waals surface area contributed by atoms with Crippen LogP contribution in [0.5, 0.6) is 0 Å². The summed E-state index contributed by atoms with van der Waals surface area (Å²) in [4.78, 5) is 2.43. The van der Waals surface area contributed by atoms with Gasteiger partial charge in [0.15, 0.2) is 0 Å². The van der Waals surface area contributed by atoms with Crippen LogP contribution in [0.2, 0.25) is 0 Å². The first-order valence-corrected chi connectivity index (χ1v) is 19.9. The van der Waals surface area contributed by atoms with Crippen LogP contribution in [0.25, 0.3) is 60.6 Å². The zero-order chi connectivity index (χ0) is 38.2. The van der Waals surface area contributed by atoms with Crippen molar-refractivity contribution in [3.8, 4) is 16.8 Å². The Hall–Kier alpha value is -7.62. The number of para-hydroxylation sites is 3. The number of hydrogen-bond donors (Lipinski definition) is 0. The third kappa shape index (κ3) is 4.68. The second-order valence-electron chi connectivity index (χ2n) is 15.3. The van der Waals surface area contributed by atoms with Gasteiger partial charge in [0.2, 0.25) is 0 Å². The molecule has 1 aliphatic rings. The maximum absolute atomic E-state index is 6.35. The molecule has 0 aliphatic heterocycles. The summed E-state index contributed by atoms with van der Waals surface area (Å²) in [5.74, 6) is 0. The molecular formula is C55H36N2O. The molecule has 3 nitrogen and oxygen atoms in total. The molecule has 0 fully saturated rings. The SMILES string of the molecule is c1ccc(-n2c3ccccc3c3ccc(N(c4ccc5c(c4)C(c4ccccc4)(c4ccccc4)c4ccccc4-5)c4ccc5oc6ccccc6c5c4)cc32)cc1. The van der Waals surface area contributed by atoms with E-state index in [-0.39, 0.29) is 0 Å². The van der Waals surface area contributed by atoms with Gasteiger partial charge in [-0.3, -0.25) is 0 Å². The third-order valence-electron chi connectivity index (χ3n) is 12.2. The number of aromatic nitrogens is 1.